The van der Waals surface area contributed by atoms with Crippen molar-refractivity contribution >= 4 is 34.2 Å². The summed E-state index contributed by atoms with van der Waals surface area (Å²) in [6, 6.07) is 4.80. The molecular formula is C31H39N5O5. The number of nitrogens with one attached hydrogen (secondary N) is 2. The summed E-state index contributed by atoms with van der Waals surface area (Å²) in [5, 5.41) is 16.2. The fourth-order valence-electron chi connectivity index (χ4n) is 7.97. The lowest BCUT2D eigenvalue weighted by Gasteiger charge is -2.49. The monoisotopic (exact) mass is 561 g/mol. The maximum Gasteiger partial charge on any atom is 0.281 e. The fourth-order valence-corrected chi connectivity index (χ4v) is 7.97. The number of piperazine rings is 1. The van der Waals surface area contributed by atoms with Crippen LogP contribution in [0, 0.1) is 17.8 Å². The molecule has 2 aromatic rings. The molecular weight excluding hydrogens is 522 g/mol. The average Bonchev–Trinajstić information content (AvgIpc) is 3.64. The summed E-state index contributed by atoms with van der Waals surface area (Å²) in [4.78, 5) is 50.4. The smallest absolute Gasteiger partial charge is 0.281 e. The summed E-state index contributed by atoms with van der Waals surface area (Å²) >= 11 is 0. The summed E-state index contributed by atoms with van der Waals surface area (Å²) in [6.45, 7) is 8.32. The highest BCUT2D eigenvalue weighted by atomic mass is 16.7. The van der Waals surface area contributed by atoms with E-state index in [1.807, 2.05) is 33.0 Å². The Labute approximate surface area is 239 Å². The molecule has 0 saturated carbocycles. The van der Waals surface area contributed by atoms with E-state index in [0.29, 0.717) is 25.9 Å². The van der Waals surface area contributed by atoms with Gasteiger partial charge in [0.1, 0.15) is 12.1 Å². The van der Waals surface area contributed by atoms with Crippen molar-refractivity contribution in [2.24, 2.45) is 17.8 Å². The van der Waals surface area contributed by atoms with Gasteiger partial charge in [-0.15, -0.1) is 0 Å². The summed E-state index contributed by atoms with van der Waals surface area (Å²) in [7, 11) is 2.03. The van der Waals surface area contributed by atoms with Gasteiger partial charge in [0.25, 0.3) is 11.8 Å². The lowest BCUT2D eigenvalue weighted by Crippen LogP contribution is -2.72. The van der Waals surface area contributed by atoms with Gasteiger partial charge >= 0.3 is 0 Å². The van der Waals surface area contributed by atoms with Crippen molar-refractivity contribution in [2.75, 3.05) is 20.1 Å². The number of nitrogens with zero attached hydrogens (tertiary/aromatic N) is 3. The molecule has 0 radical (unpaired) electrons. The minimum atomic E-state index is -2.01. The van der Waals surface area contributed by atoms with E-state index >= 15 is 0 Å². The van der Waals surface area contributed by atoms with E-state index in [1.54, 1.807) is 18.7 Å². The molecule has 4 aliphatic heterocycles. The van der Waals surface area contributed by atoms with Crippen LogP contribution in [0.15, 0.2) is 30.5 Å². The molecule has 0 bridgehead atoms. The molecule has 5 heterocycles. The molecule has 10 heteroatoms. The van der Waals surface area contributed by atoms with Gasteiger partial charge in [-0.1, -0.05) is 45.9 Å². The summed E-state index contributed by atoms with van der Waals surface area (Å²) in [5.74, 6) is -4.36. The molecule has 0 unspecified atom stereocenters. The van der Waals surface area contributed by atoms with Crippen molar-refractivity contribution in [3.63, 3.8) is 0 Å². The molecule has 1 aromatic heterocycles. The third kappa shape index (κ3) is 3.50. The van der Waals surface area contributed by atoms with Crippen LogP contribution < -0.4 is 5.32 Å². The molecule has 218 valence electrons. The van der Waals surface area contributed by atoms with Gasteiger partial charge in [-0.2, -0.15) is 0 Å². The van der Waals surface area contributed by atoms with Gasteiger partial charge in [-0.3, -0.25) is 28.9 Å². The minimum Gasteiger partial charge on any atom is -0.361 e. The molecule has 41 heavy (non-hydrogen) atoms. The topological polar surface area (TPSA) is 118 Å². The third-order valence-electron chi connectivity index (χ3n) is 10.1. The van der Waals surface area contributed by atoms with Crippen molar-refractivity contribution in [1.82, 2.24) is 25.0 Å². The number of aliphatic hydroxyl groups is 1. The highest BCUT2D eigenvalue weighted by Gasteiger charge is 2.72. The quantitative estimate of drug-likeness (QED) is 0.526. The van der Waals surface area contributed by atoms with Crippen molar-refractivity contribution < 1.29 is 24.2 Å². The number of benzene rings is 1. The normalized spacial score (nSPS) is 34.8. The standard InChI is InChI=1S/C31H39N5O5/c1-16(2)26-28(38)35-11-7-10-24(35)31(40)36(26)29(39)30(41-31,17(3)4)33-27(37)19-12-21-20-8-6-9-22-25(20)18(14-32-22)13-23(21)34(5)15-19/h6,8-9,12,14,16-17,19,23-24,26,32,40H,7,10-11,13,15H2,1-5H3,(H,33,37)/t19-,23+,24+,26-,30-,31+/m1/s1. The van der Waals surface area contributed by atoms with Crippen LogP contribution in [0.1, 0.15) is 51.7 Å². The minimum absolute atomic E-state index is 0.150. The molecule has 6 atom stereocenters. The predicted molar refractivity (Wildman–Crippen MR) is 152 cm³/mol. The van der Waals surface area contributed by atoms with Gasteiger partial charge in [0.2, 0.25) is 17.5 Å². The Kier molecular flexibility index (Phi) is 5.79. The van der Waals surface area contributed by atoms with Gasteiger partial charge in [0.15, 0.2) is 0 Å². The first-order chi connectivity index (χ1) is 19.5. The van der Waals surface area contributed by atoms with Crippen LogP contribution in [0.5, 0.6) is 0 Å². The van der Waals surface area contributed by atoms with E-state index in [9.17, 15) is 19.5 Å². The van der Waals surface area contributed by atoms with Crippen molar-refractivity contribution in [2.45, 2.75) is 76.7 Å². The molecule has 3 saturated heterocycles. The van der Waals surface area contributed by atoms with Gasteiger partial charge in [0.05, 0.1) is 5.92 Å². The number of ether oxygens (including phenoxy) is 1. The Morgan fingerprint density at radius 1 is 1.22 bits per heavy atom. The molecule has 0 spiro atoms. The Hall–Kier alpha value is -3.21. The maximum atomic E-state index is 14.3. The Balaban J connectivity index is 1.25. The van der Waals surface area contributed by atoms with Crippen LogP contribution in [0.4, 0.5) is 0 Å². The molecule has 1 aliphatic carbocycles. The zero-order valence-corrected chi connectivity index (χ0v) is 24.3. The van der Waals surface area contributed by atoms with Crippen LogP contribution in [-0.2, 0) is 25.5 Å². The number of amides is 3. The average molecular weight is 562 g/mol. The summed E-state index contributed by atoms with van der Waals surface area (Å²) < 4.78 is 6.40. The highest BCUT2D eigenvalue weighted by molar-refractivity contribution is 6.01. The Morgan fingerprint density at radius 3 is 2.73 bits per heavy atom. The molecule has 3 fully saturated rings. The van der Waals surface area contributed by atoms with E-state index in [0.717, 1.165) is 23.1 Å². The third-order valence-corrected chi connectivity index (χ3v) is 10.1. The number of aromatic nitrogens is 1. The van der Waals surface area contributed by atoms with Gasteiger partial charge in [-0.05, 0) is 55.0 Å². The number of rotatable bonds is 4. The van der Waals surface area contributed by atoms with Crippen LogP contribution >= 0.6 is 0 Å². The highest BCUT2D eigenvalue weighted by Crippen LogP contribution is 2.49. The first-order valence-corrected chi connectivity index (χ1v) is 14.9. The van der Waals surface area contributed by atoms with Crippen LogP contribution in [-0.4, -0.2) is 92.4 Å². The van der Waals surface area contributed by atoms with E-state index in [4.69, 9.17) is 4.74 Å². The first-order valence-electron chi connectivity index (χ1n) is 14.9. The number of aromatic amines is 1. The van der Waals surface area contributed by atoms with E-state index in [-0.39, 0.29) is 23.8 Å². The SMILES string of the molecule is CC(C)[C@@H]1C(=O)N2CCC[C@H]2[C@]2(O)O[C@](NC(=O)[C@@H]3C=C4c5cccc6[nH]cc(c56)C[C@@H]4N(C)C3)(C(C)C)C(=O)N12. The zero-order chi connectivity index (χ0) is 29.0. The second-order valence-electron chi connectivity index (χ2n) is 13.1. The van der Waals surface area contributed by atoms with Crippen molar-refractivity contribution in [1.29, 1.82) is 0 Å². The second-order valence-corrected chi connectivity index (χ2v) is 13.1. The first kappa shape index (κ1) is 26.7. The molecule has 1 aromatic carbocycles. The number of H-pyrrole nitrogens is 1. The zero-order valence-electron chi connectivity index (χ0n) is 24.3. The van der Waals surface area contributed by atoms with E-state index < -0.39 is 41.5 Å². The molecule has 3 amide bonds. The summed E-state index contributed by atoms with van der Waals surface area (Å²) in [5.41, 5.74) is 2.78. The number of likely N-dealkylation sites (N-methyl/N-ethyl adjacent to an activating group) is 1. The molecule has 3 N–H and O–H groups in total. The van der Waals surface area contributed by atoms with Crippen molar-refractivity contribution in [3.05, 3.63) is 41.6 Å². The molecule has 10 nitrogen and oxygen atoms in total. The molecule has 5 aliphatic rings. The summed E-state index contributed by atoms with van der Waals surface area (Å²) in [6.07, 6.45) is 6.21. The van der Waals surface area contributed by atoms with Gasteiger partial charge in [0, 0.05) is 42.1 Å². The second kappa shape index (κ2) is 8.89. The van der Waals surface area contributed by atoms with Crippen LogP contribution in [0.3, 0.4) is 0 Å². The fraction of sp³-hybridized carbons (Fsp3) is 0.581. The predicted octanol–water partition coefficient (Wildman–Crippen LogP) is 2.04. The lowest BCUT2D eigenvalue weighted by atomic mass is 9.79. The maximum absolute atomic E-state index is 14.3. The largest absolute Gasteiger partial charge is 0.361 e. The lowest BCUT2D eigenvalue weighted by molar-refractivity contribution is -0.323. The van der Waals surface area contributed by atoms with Gasteiger partial charge < -0.3 is 20.3 Å². The van der Waals surface area contributed by atoms with E-state index in [2.05, 4.69) is 33.5 Å². The Bertz CT molecular complexity index is 1500. The number of carbonyl (C=O) groups is 3. The van der Waals surface area contributed by atoms with Crippen molar-refractivity contribution in [3.8, 4) is 0 Å². The molecule has 7 rings (SSSR count). The number of carbonyl (C=O) groups excluding carboxylic acids is 3. The van der Waals surface area contributed by atoms with Gasteiger partial charge in [-0.25, -0.2) is 0 Å². The Morgan fingerprint density at radius 2 is 2.00 bits per heavy atom. The van der Waals surface area contributed by atoms with E-state index in [1.165, 1.54) is 15.8 Å². The number of hydrogen-bond acceptors (Lipinski definition) is 6. The number of hydrogen-bond donors (Lipinski definition) is 3. The van der Waals surface area contributed by atoms with Crippen LogP contribution in [0.25, 0.3) is 16.5 Å². The number of fused-ring (bicyclic) bond motifs is 5. The van der Waals surface area contributed by atoms with Crippen LogP contribution in [0.2, 0.25) is 0 Å².